The molecule has 4 rings (SSSR count). The zero-order valence-electron chi connectivity index (χ0n) is 26.8. The molecular weight excluding hydrogens is 536 g/mol. The molecule has 4 aromatic rings. The Kier molecular flexibility index (Phi) is 11.6. The lowest BCUT2D eigenvalue weighted by molar-refractivity contribution is -0.115. The molecule has 4 aromatic carbocycles. The minimum absolute atomic E-state index is 0.196. The first-order valence-electron chi connectivity index (χ1n) is 15.4. The summed E-state index contributed by atoms with van der Waals surface area (Å²) in [6.45, 7) is 16.5. The molecule has 0 heterocycles. The average molecular weight is 581 g/mol. The summed E-state index contributed by atoms with van der Waals surface area (Å²) in [6.07, 6.45) is 6.18. The van der Waals surface area contributed by atoms with Gasteiger partial charge in [-0.2, -0.15) is 0 Å². The smallest absolute Gasteiger partial charge is 0.242 e. The van der Waals surface area contributed by atoms with Crippen molar-refractivity contribution in [3.05, 3.63) is 155 Å². The lowest BCUT2D eigenvalue weighted by Crippen LogP contribution is -2.22. The van der Waals surface area contributed by atoms with Crippen LogP contribution in [0.2, 0.25) is 0 Å². The van der Waals surface area contributed by atoms with Crippen molar-refractivity contribution in [2.45, 2.75) is 54.1 Å². The van der Waals surface area contributed by atoms with Crippen LogP contribution < -0.4 is 0 Å². The summed E-state index contributed by atoms with van der Waals surface area (Å²) in [4.78, 5) is 18.8. The van der Waals surface area contributed by atoms with Gasteiger partial charge >= 0.3 is 0 Å². The Morgan fingerprint density at radius 1 is 0.750 bits per heavy atom. The number of benzene rings is 4. The van der Waals surface area contributed by atoms with E-state index in [1.54, 1.807) is 6.08 Å². The number of hydrogen-bond acceptors (Lipinski definition) is 2. The fourth-order valence-electron chi connectivity index (χ4n) is 5.38. The van der Waals surface area contributed by atoms with Gasteiger partial charge in [0, 0.05) is 26.4 Å². The third-order valence-corrected chi connectivity index (χ3v) is 7.69. The number of carbonyl (C=O) groups excluding carboxylic acids is 1. The lowest BCUT2D eigenvalue weighted by atomic mass is 9.95. The summed E-state index contributed by atoms with van der Waals surface area (Å²) in [5.74, 6) is -0.196. The van der Waals surface area contributed by atoms with E-state index < -0.39 is 0 Å². The van der Waals surface area contributed by atoms with Crippen LogP contribution in [0, 0.1) is 6.92 Å². The normalized spacial score (nSPS) is 11.6. The number of aryl methyl sites for hydroxylation is 1. The van der Waals surface area contributed by atoms with Gasteiger partial charge in [-0.1, -0.05) is 140 Å². The van der Waals surface area contributed by atoms with Gasteiger partial charge in [0.05, 0.1) is 5.71 Å². The maximum absolute atomic E-state index is 12.0. The van der Waals surface area contributed by atoms with Gasteiger partial charge in [0.25, 0.3) is 0 Å². The van der Waals surface area contributed by atoms with Gasteiger partial charge < -0.3 is 0 Å². The van der Waals surface area contributed by atoms with E-state index in [0.29, 0.717) is 6.42 Å². The molecule has 0 saturated heterocycles. The highest BCUT2D eigenvalue weighted by molar-refractivity contribution is 6.09. The van der Waals surface area contributed by atoms with Crippen molar-refractivity contribution in [3.8, 4) is 22.3 Å². The number of aliphatic imine (C=N–C) groups is 1. The van der Waals surface area contributed by atoms with Crippen LogP contribution >= 0.6 is 0 Å². The molecule has 0 atom stereocenters. The highest BCUT2D eigenvalue weighted by atomic mass is 16.1. The van der Waals surface area contributed by atoms with Crippen LogP contribution in [0.1, 0.15) is 49.9 Å². The van der Waals surface area contributed by atoms with Crippen LogP contribution in [-0.4, -0.2) is 23.1 Å². The number of amides is 1. The van der Waals surface area contributed by atoms with E-state index in [1.165, 1.54) is 40.3 Å². The fourth-order valence-corrected chi connectivity index (χ4v) is 5.38. The molecule has 0 aliphatic heterocycles. The van der Waals surface area contributed by atoms with Gasteiger partial charge in [-0.3, -0.25) is 9.69 Å². The van der Waals surface area contributed by atoms with Gasteiger partial charge in [0.2, 0.25) is 5.91 Å². The Bertz CT molecular complexity index is 1670. The van der Waals surface area contributed by atoms with Crippen molar-refractivity contribution in [1.82, 2.24) is 4.90 Å². The molecule has 0 aliphatic rings. The van der Waals surface area contributed by atoms with E-state index in [9.17, 15) is 4.79 Å². The molecule has 0 aromatic heterocycles. The molecule has 0 spiro atoms. The van der Waals surface area contributed by atoms with Crippen molar-refractivity contribution in [3.63, 3.8) is 0 Å². The van der Waals surface area contributed by atoms with Gasteiger partial charge in [-0.05, 0) is 71.8 Å². The number of nitrogens with zero attached hydrogens (tertiary/aromatic N) is 2. The number of carbonyl (C=O) groups is 1. The topological polar surface area (TPSA) is 32.7 Å². The second kappa shape index (κ2) is 15.7. The van der Waals surface area contributed by atoms with E-state index in [0.717, 1.165) is 47.6 Å². The molecule has 0 saturated carbocycles. The summed E-state index contributed by atoms with van der Waals surface area (Å²) in [7, 11) is 0. The van der Waals surface area contributed by atoms with E-state index >= 15 is 0 Å². The van der Waals surface area contributed by atoms with Crippen molar-refractivity contribution in [1.29, 1.82) is 0 Å². The van der Waals surface area contributed by atoms with E-state index in [1.807, 2.05) is 26.0 Å². The van der Waals surface area contributed by atoms with Gasteiger partial charge in [0.1, 0.15) is 0 Å². The van der Waals surface area contributed by atoms with Crippen LogP contribution in [0.25, 0.3) is 22.3 Å². The predicted octanol–water partition coefficient (Wildman–Crippen LogP) is 9.96. The van der Waals surface area contributed by atoms with Crippen molar-refractivity contribution < 1.29 is 4.79 Å². The Morgan fingerprint density at radius 2 is 1.32 bits per heavy atom. The number of hydrogen-bond donors (Lipinski definition) is 0. The van der Waals surface area contributed by atoms with Crippen molar-refractivity contribution in [2.24, 2.45) is 4.99 Å². The van der Waals surface area contributed by atoms with Crippen LogP contribution in [0.5, 0.6) is 0 Å². The van der Waals surface area contributed by atoms with Gasteiger partial charge in [-0.15, -0.1) is 0 Å². The quantitative estimate of drug-likeness (QED) is 0.123. The summed E-state index contributed by atoms with van der Waals surface area (Å²) < 4.78 is 0. The standard InChI is InChI=1S/C41H44N2O/c1-7-9-16-40(30(3)4)41(42-32(6)44)27-35-13-11-15-39(26-35)37-23-19-34(20-24-37)29-43(8-2)28-33-17-21-36(22-18-33)38-14-10-12-31(5)25-38/h7,9-26H,1,8,27-29H2,2-6H3/b16-9-,42-41?. The highest BCUT2D eigenvalue weighted by Crippen LogP contribution is 2.24. The number of allylic oxidation sites excluding steroid dienone is 5. The number of rotatable bonds is 12. The highest BCUT2D eigenvalue weighted by Gasteiger charge is 2.11. The molecule has 1 amide bonds. The Balaban J connectivity index is 1.45. The molecule has 44 heavy (non-hydrogen) atoms. The van der Waals surface area contributed by atoms with Gasteiger partial charge in [0.15, 0.2) is 0 Å². The van der Waals surface area contributed by atoms with Crippen LogP contribution in [0.15, 0.2) is 138 Å². The predicted molar refractivity (Wildman–Crippen MR) is 188 cm³/mol. The molecule has 0 bridgehead atoms. The SMILES string of the molecule is C=C/C=C\C(C(Cc1cccc(-c2ccc(CN(CC)Cc3ccc(-c4cccc(C)c4)cc3)cc2)c1)=NC(C)=O)=C(C)C. The molecule has 0 fully saturated rings. The molecule has 0 aliphatic carbocycles. The largest absolute Gasteiger partial charge is 0.295 e. The molecule has 0 N–H and O–H groups in total. The third-order valence-electron chi connectivity index (χ3n) is 7.69. The molecule has 0 unspecified atom stereocenters. The summed E-state index contributed by atoms with van der Waals surface area (Å²) in [6, 6.07) is 35.0. The summed E-state index contributed by atoms with van der Waals surface area (Å²) in [5.41, 5.74) is 12.7. The van der Waals surface area contributed by atoms with Crippen molar-refractivity contribution in [2.75, 3.05) is 6.54 Å². The molecular formula is C41H44N2O. The van der Waals surface area contributed by atoms with E-state index in [4.69, 9.17) is 0 Å². The van der Waals surface area contributed by atoms with E-state index in [-0.39, 0.29) is 5.91 Å². The zero-order chi connectivity index (χ0) is 31.5. The monoisotopic (exact) mass is 580 g/mol. The molecule has 224 valence electrons. The molecule has 3 heteroatoms. The maximum Gasteiger partial charge on any atom is 0.242 e. The first-order chi connectivity index (χ1) is 21.2. The second-order valence-corrected chi connectivity index (χ2v) is 11.5. The summed E-state index contributed by atoms with van der Waals surface area (Å²) in [5, 5.41) is 0. The lowest BCUT2D eigenvalue weighted by Gasteiger charge is -2.21. The zero-order valence-corrected chi connectivity index (χ0v) is 26.8. The van der Waals surface area contributed by atoms with Gasteiger partial charge in [-0.25, -0.2) is 4.99 Å². The third kappa shape index (κ3) is 9.20. The van der Waals surface area contributed by atoms with Crippen molar-refractivity contribution >= 4 is 11.6 Å². The Hall–Kier alpha value is -4.60. The van der Waals surface area contributed by atoms with Crippen LogP contribution in [0.4, 0.5) is 0 Å². The van der Waals surface area contributed by atoms with E-state index in [2.05, 4.69) is 127 Å². The van der Waals surface area contributed by atoms with Crippen LogP contribution in [-0.2, 0) is 24.3 Å². The Morgan fingerprint density at radius 3 is 1.82 bits per heavy atom. The average Bonchev–Trinajstić information content (AvgIpc) is 3.01. The Labute approximate surface area is 264 Å². The minimum atomic E-state index is -0.196. The fraction of sp³-hybridized carbons (Fsp3) is 0.220. The van der Waals surface area contributed by atoms with Crippen LogP contribution in [0.3, 0.4) is 0 Å². The summed E-state index contributed by atoms with van der Waals surface area (Å²) >= 11 is 0. The first kappa shape index (κ1) is 32.3. The maximum atomic E-state index is 12.0. The minimum Gasteiger partial charge on any atom is -0.295 e. The molecule has 0 radical (unpaired) electrons. The first-order valence-corrected chi connectivity index (χ1v) is 15.4. The second-order valence-electron chi connectivity index (χ2n) is 11.5. The molecule has 3 nitrogen and oxygen atoms in total.